The van der Waals surface area contributed by atoms with Crippen molar-refractivity contribution in [3.8, 4) is 0 Å². The quantitative estimate of drug-likeness (QED) is 0.842. The molecule has 8 heteroatoms. The van der Waals surface area contributed by atoms with Crippen LogP contribution in [0, 0.1) is 13.8 Å². The topological polar surface area (TPSA) is 87.1 Å². The van der Waals surface area contributed by atoms with Gasteiger partial charge >= 0.3 is 0 Å². The van der Waals surface area contributed by atoms with Gasteiger partial charge in [-0.3, -0.25) is 9.59 Å². The second kappa shape index (κ2) is 8.62. The van der Waals surface area contributed by atoms with Crippen LogP contribution in [0.2, 0.25) is 0 Å². The highest BCUT2D eigenvalue weighted by Crippen LogP contribution is 2.25. The van der Waals surface area contributed by atoms with Crippen molar-refractivity contribution in [1.29, 1.82) is 0 Å². The molecule has 3 heterocycles. The second-order valence-corrected chi connectivity index (χ2v) is 7.50. The number of pyridine rings is 1. The van der Waals surface area contributed by atoms with Gasteiger partial charge in [0.15, 0.2) is 0 Å². The van der Waals surface area contributed by atoms with E-state index in [2.05, 4.69) is 20.3 Å². The van der Waals surface area contributed by atoms with Gasteiger partial charge in [-0.15, -0.1) is 0 Å². The van der Waals surface area contributed by atoms with Crippen LogP contribution in [-0.4, -0.2) is 48.8 Å². The number of hydrogen-bond acceptors (Lipinski definition) is 6. The largest absolute Gasteiger partial charge is 0.378 e. The van der Waals surface area contributed by atoms with E-state index in [-0.39, 0.29) is 18.2 Å². The van der Waals surface area contributed by atoms with Gasteiger partial charge in [0.25, 0.3) is 5.91 Å². The summed E-state index contributed by atoms with van der Waals surface area (Å²) in [7, 11) is 0. The summed E-state index contributed by atoms with van der Waals surface area (Å²) in [6, 6.07) is 9.55. The molecule has 2 aromatic rings. The number of hydrazone groups is 1. The molecule has 0 radical (unpaired) electrons. The molecule has 30 heavy (non-hydrogen) atoms. The Balaban J connectivity index is 1.48. The molecular formula is C22H25N5O3. The van der Waals surface area contributed by atoms with E-state index in [4.69, 9.17) is 4.74 Å². The highest BCUT2D eigenvalue weighted by atomic mass is 16.5. The Labute approximate surface area is 175 Å². The number of rotatable bonds is 4. The van der Waals surface area contributed by atoms with Crippen LogP contribution >= 0.6 is 0 Å². The molecule has 0 saturated carbocycles. The predicted octanol–water partition coefficient (Wildman–Crippen LogP) is 2.66. The van der Waals surface area contributed by atoms with Crippen LogP contribution in [0.1, 0.15) is 24.0 Å². The highest BCUT2D eigenvalue weighted by molar-refractivity contribution is 6.44. The number of benzene rings is 1. The standard InChI is InChI=1S/C22H25N5O3/c1-15-3-4-16(2)19(13-15)27-21(28)8-6-18(25-27)22(29)24-20-7-5-17(14-23-20)26-9-11-30-12-10-26/h3-5,7,13-14H,6,8-12H2,1-2H3,(H,23,24,29). The summed E-state index contributed by atoms with van der Waals surface area (Å²) in [5.74, 6) is -0.00689. The summed E-state index contributed by atoms with van der Waals surface area (Å²) in [5.41, 5.74) is 3.98. The average Bonchev–Trinajstić information content (AvgIpc) is 2.77. The normalized spacial score (nSPS) is 17.0. The Morgan fingerprint density at radius 1 is 1.10 bits per heavy atom. The van der Waals surface area contributed by atoms with E-state index in [0.29, 0.717) is 36.9 Å². The molecule has 0 atom stereocenters. The lowest BCUT2D eigenvalue weighted by Gasteiger charge is -2.28. The molecule has 0 bridgehead atoms. The molecule has 1 N–H and O–H groups in total. The van der Waals surface area contributed by atoms with Gasteiger partial charge in [-0.25, -0.2) is 9.99 Å². The Morgan fingerprint density at radius 2 is 1.90 bits per heavy atom. The molecule has 4 rings (SSSR count). The molecule has 0 aliphatic carbocycles. The zero-order valence-electron chi connectivity index (χ0n) is 17.2. The first-order chi connectivity index (χ1) is 14.5. The van der Waals surface area contributed by atoms with Gasteiger partial charge in [-0.2, -0.15) is 5.10 Å². The molecule has 1 fully saturated rings. The van der Waals surface area contributed by atoms with Gasteiger partial charge < -0.3 is 15.0 Å². The van der Waals surface area contributed by atoms with E-state index in [0.717, 1.165) is 29.9 Å². The molecule has 2 aliphatic heterocycles. The van der Waals surface area contributed by atoms with Crippen molar-refractivity contribution in [2.24, 2.45) is 5.10 Å². The third-order valence-corrected chi connectivity index (χ3v) is 5.25. The van der Waals surface area contributed by atoms with Crippen molar-refractivity contribution < 1.29 is 14.3 Å². The van der Waals surface area contributed by atoms with Gasteiger partial charge in [0.05, 0.1) is 30.8 Å². The lowest BCUT2D eigenvalue weighted by Crippen LogP contribution is -2.37. The number of aryl methyl sites for hydroxylation is 2. The number of hydrogen-bond donors (Lipinski definition) is 1. The van der Waals surface area contributed by atoms with E-state index in [1.54, 1.807) is 12.3 Å². The van der Waals surface area contributed by atoms with Crippen molar-refractivity contribution in [1.82, 2.24) is 4.98 Å². The third-order valence-electron chi connectivity index (χ3n) is 5.25. The first-order valence-corrected chi connectivity index (χ1v) is 10.1. The molecule has 1 aromatic heterocycles. The van der Waals surface area contributed by atoms with Crippen molar-refractivity contribution in [3.63, 3.8) is 0 Å². The first-order valence-electron chi connectivity index (χ1n) is 10.1. The van der Waals surface area contributed by atoms with Crippen molar-refractivity contribution in [2.75, 3.05) is 41.5 Å². The Hall–Kier alpha value is -3.26. The van der Waals surface area contributed by atoms with E-state index in [9.17, 15) is 9.59 Å². The molecule has 8 nitrogen and oxygen atoms in total. The van der Waals surface area contributed by atoms with Crippen LogP contribution in [0.25, 0.3) is 0 Å². The minimum atomic E-state index is -0.343. The number of ether oxygens (including phenoxy) is 1. The fourth-order valence-corrected chi connectivity index (χ4v) is 3.51. The molecule has 0 unspecified atom stereocenters. The number of nitrogens with zero attached hydrogens (tertiary/aromatic N) is 4. The van der Waals surface area contributed by atoms with E-state index < -0.39 is 0 Å². The molecule has 2 amide bonds. The maximum Gasteiger partial charge on any atom is 0.273 e. The van der Waals surface area contributed by atoms with Crippen molar-refractivity contribution >= 4 is 34.7 Å². The van der Waals surface area contributed by atoms with Crippen LogP contribution in [0.4, 0.5) is 17.2 Å². The number of amides is 2. The van der Waals surface area contributed by atoms with Gasteiger partial charge in [0.1, 0.15) is 11.5 Å². The molecule has 2 aliphatic rings. The highest BCUT2D eigenvalue weighted by Gasteiger charge is 2.27. The zero-order chi connectivity index (χ0) is 21.1. The van der Waals surface area contributed by atoms with Crippen molar-refractivity contribution in [3.05, 3.63) is 47.7 Å². The van der Waals surface area contributed by atoms with Crippen molar-refractivity contribution in [2.45, 2.75) is 26.7 Å². The maximum absolute atomic E-state index is 12.7. The van der Waals surface area contributed by atoms with Crippen LogP contribution in [0.5, 0.6) is 0 Å². The summed E-state index contributed by atoms with van der Waals surface area (Å²) in [5, 5.41) is 8.50. The third kappa shape index (κ3) is 4.33. The van der Waals surface area contributed by atoms with E-state index in [1.165, 1.54) is 5.01 Å². The molecule has 1 aromatic carbocycles. The summed E-state index contributed by atoms with van der Waals surface area (Å²) in [6.45, 7) is 6.94. The zero-order valence-corrected chi connectivity index (χ0v) is 17.2. The Kier molecular flexibility index (Phi) is 5.76. The van der Waals surface area contributed by atoms with Crippen LogP contribution < -0.4 is 15.2 Å². The number of nitrogens with one attached hydrogen (secondary N) is 1. The fourth-order valence-electron chi connectivity index (χ4n) is 3.51. The minimum Gasteiger partial charge on any atom is -0.378 e. The SMILES string of the molecule is Cc1ccc(C)c(N2N=C(C(=O)Nc3ccc(N4CCOCC4)cn3)CCC2=O)c1. The number of aromatic nitrogens is 1. The predicted molar refractivity (Wildman–Crippen MR) is 116 cm³/mol. The lowest BCUT2D eigenvalue weighted by molar-refractivity contribution is -0.118. The van der Waals surface area contributed by atoms with Crippen LogP contribution in [0.3, 0.4) is 0 Å². The fraction of sp³-hybridized carbons (Fsp3) is 0.364. The summed E-state index contributed by atoms with van der Waals surface area (Å²) in [4.78, 5) is 31.7. The lowest BCUT2D eigenvalue weighted by atomic mass is 10.1. The Bertz CT molecular complexity index is 981. The summed E-state index contributed by atoms with van der Waals surface area (Å²) < 4.78 is 5.37. The second-order valence-electron chi connectivity index (χ2n) is 7.50. The first kappa shape index (κ1) is 20.0. The number of carbonyl (C=O) groups is 2. The van der Waals surface area contributed by atoms with Gasteiger partial charge in [0.2, 0.25) is 5.91 Å². The van der Waals surface area contributed by atoms with Gasteiger partial charge in [-0.05, 0) is 43.2 Å². The maximum atomic E-state index is 12.7. The van der Waals surface area contributed by atoms with Crippen LogP contribution in [-0.2, 0) is 14.3 Å². The van der Waals surface area contributed by atoms with Crippen LogP contribution in [0.15, 0.2) is 41.6 Å². The average molecular weight is 407 g/mol. The molecule has 0 spiro atoms. The number of carbonyl (C=O) groups excluding carboxylic acids is 2. The molecule has 1 saturated heterocycles. The smallest absolute Gasteiger partial charge is 0.273 e. The van der Waals surface area contributed by atoms with E-state index >= 15 is 0 Å². The summed E-state index contributed by atoms with van der Waals surface area (Å²) >= 11 is 0. The number of anilines is 3. The summed E-state index contributed by atoms with van der Waals surface area (Å²) in [6.07, 6.45) is 2.29. The molecule has 156 valence electrons. The minimum absolute atomic E-state index is 0.117. The van der Waals surface area contributed by atoms with Gasteiger partial charge in [-0.1, -0.05) is 12.1 Å². The number of morpholine rings is 1. The van der Waals surface area contributed by atoms with E-state index in [1.807, 2.05) is 38.1 Å². The van der Waals surface area contributed by atoms with Gasteiger partial charge in [0, 0.05) is 25.9 Å². The Morgan fingerprint density at radius 3 is 2.63 bits per heavy atom. The molecular weight excluding hydrogens is 382 g/mol. The monoisotopic (exact) mass is 407 g/mol.